The zero-order chi connectivity index (χ0) is 24.2. The van der Waals surface area contributed by atoms with Crippen molar-refractivity contribution in [2.24, 2.45) is 0 Å². The van der Waals surface area contributed by atoms with Crippen molar-refractivity contribution < 1.29 is 4.74 Å². The van der Waals surface area contributed by atoms with Crippen molar-refractivity contribution in [3.05, 3.63) is 101 Å². The Morgan fingerprint density at radius 3 is 2.06 bits per heavy atom. The number of rotatable bonds is 7. The van der Waals surface area contributed by atoms with Gasteiger partial charge >= 0.3 is 0 Å². The number of halogens is 2. The maximum absolute atomic E-state index is 6.51. The van der Waals surface area contributed by atoms with Crippen LogP contribution in [0.1, 0.15) is 11.7 Å². The van der Waals surface area contributed by atoms with Crippen molar-refractivity contribution in [2.45, 2.75) is 12.6 Å². The molecule has 0 bridgehead atoms. The average Bonchev–Trinajstić information content (AvgIpc) is 3.38. The first-order chi connectivity index (χ1) is 17.0. The lowest BCUT2D eigenvalue weighted by atomic mass is 10.1. The summed E-state index contributed by atoms with van der Waals surface area (Å²) in [5.74, 6) is 0.783. The van der Waals surface area contributed by atoms with E-state index in [1.807, 2.05) is 47.2 Å². The van der Waals surface area contributed by atoms with Crippen LogP contribution in [0, 0.1) is 0 Å². The van der Waals surface area contributed by atoms with E-state index in [0.29, 0.717) is 16.6 Å². The minimum absolute atomic E-state index is 0.289. The molecule has 180 valence electrons. The fraction of sp³-hybridized carbons (Fsp3) is 0.222. The van der Waals surface area contributed by atoms with Crippen LogP contribution >= 0.6 is 23.2 Å². The molecule has 5 rings (SSSR count). The first-order valence-electron chi connectivity index (χ1n) is 11.6. The summed E-state index contributed by atoms with van der Waals surface area (Å²) in [6, 6.07) is 21.9. The van der Waals surface area contributed by atoms with Crippen LogP contribution in [0.2, 0.25) is 10.0 Å². The summed E-state index contributed by atoms with van der Waals surface area (Å²) in [6.07, 6.45) is 5.14. The van der Waals surface area contributed by atoms with Gasteiger partial charge in [0.1, 0.15) is 11.9 Å². The van der Waals surface area contributed by atoms with Gasteiger partial charge in [-0.3, -0.25) is 0 Å². The van der Waals surface area contributed by atoms with E-state index in [-0.39, 0.29) is 6.10 Å². The molecule has 35 heavy (non-hydrogen) atoms. The second kappa shape index (κ2) is 10.5. The van der Waals surface area contributed by atoms with E-state index < -0.39 is 0 Å². The standard InChI is InChI=1S/C27H27Cl2N5O/c28-20-1-10-25(26(29)17-20)27(18-32-12-11-31-19-32)35-24-8-6-23(7-9-24)34-15-13-33(14-16-34)22-4-2-21(30)3-5-22/h1-12,17,19,27H,13-16,18,30H2. The van der Waals surface area contributed by atoms with Gasteiger partial charge in [0.05, 0.1) is 12.9 Å². The van der Waals surface area contributed by atoms with E-state index in [1.165, 1.54) is 11.4 Å². The maximum Gasteiger partial charge on any atom is 0.143 e. The quantitative estimate of drug-likeness (QED) is 0.314. The molecule has 0 amide bonds. The van der Waals surface area contributed by atoms with Gasteiger partial charge in [-0.05, 0) is 60.7 Å². The lowest BCUT2D eigenvalue weighted by Crippen LogP contribution is -2.46. The normalized spacial score (nSPS) is 14.7. The highest BCUT2D eigenvalue weighted by atomic mass is 35.5. The zero-order valence-electron chi connectivity index (χ0n) is 19.2. The monoisotopic (exact) mass is 507 g/mol. The molecule has 1 aliphatic rings. The van der Waals surface area contributed by atoms with Crippen molar-refractivity contribution >= 4 is 40.3 Å². The van der Waals surface area contributed by atoms with Crippen LogP contribution in [0.15, 0.2) is 85.5 Å². The molecule has 6 nitrogen and oxygen atoms in total. The molecule has 0 saturated carbocycles. The summed E-state index contributed by atoms with van der Waals surface area (Å²) >= 11 is 12.6. The van der Waals surface area contributed by atoms with Gasteiger partial charge in [0.25, 0.3) is 0 Å². The molecule has 1 unspecified atom stereocenters. The van der Waals surface area contributed by atoms with E-state index in [0.717, 1.165) is 43.2 Å². The molecule has 0 spiro atoms. The Labute approximate surface area is 215 Å². The van der Waals surface area contributed by atoms with Crippen LogP contribution in [0.4, 0.5) is 17.1 Å². The summed E-state index contributed by atoms with van der Waals surface area (Å²) in [4.78, 5) is 8.94. The maximum atomic E-state index is 6.51. The minimum Gasteiger partial charge on any atom is -0.484 e. The molecule has 2 heterocycles. The lowest BCUT2D eigenvalue weighted by molar-refractivity contribution is 0.183. The summed E-state index contributed by atoms with van der Waals surface area (Å²) in [5, 5.41) is 1.18. The molecule has 1 aromatic heterocycles. The Balaban J connectivity index is 1.26. The third kappa shape index (κ3) is 5.66. The Hall–Kier alpha value is -3.35. The Morgan fingerprint density at radius 1 is 0.857 bits per heavy atom. The molecule has 8 heteroatoms. The number of aromatic nitrogens is 2. The van der Waals surface area contributed by atoms with Crippen molar-refractivity contribution in [2.75, 3.05) is 41.7 Å². The number of benzene rings is 3. The number of nitrogens with two attached hydrogens (primary N) is 1. The molecular weight excluding hydrogens is 481 g/mol. The third-order valence-electron chi connectivity index (χ3n) is 6.26. The van der Waals surface area contributed by atoms with E-state index >= 15 is 0 Å². The number of hydrogen-bond acceptors (Lipinski definition) is 5. The number of hydrogen-bond donors (Lipinski definition) is 1. The first-order valence-corrected chi connectivity index (χ1v) is 12.3. The number of anilines is 3. The van der Waals surface area contributed by atoms with Crippen LogP contribution in [-0.2, 0) is 6.54 Å². The molecule has 2 N–H and O–H groups in total. The smallest absolute Gasteiger partial charge is 0.143 e. The highest BCUT2D eigenvalue weighted by Crippen LogP contribution is 2.32. The fourth-order valence-electron chi connectivity index (χ4n) is 4.36. The van der Waals surface area contributed by atoms with Gasteiger partial charge in [-0.25, -0.2) is 4.98 Å². The average molecular weight is 508 g/mol. The topological polar surface area (TPSA) is 59.6 Å². The largest absolute Gasteiger partial charge is 0.484 e. The summed E-state index contributed by atoms with van der Waals surface area (Å²) in [7, 11) is 0. The van der Waals surface area contributed by atoms with Crippen LogP contribution < -0.4 is 20.3 Å². The SMILES string of the molecule is Nc1ccc(N2CCN(c3ccc(OC(Cn4ccnc4)c4ccc(Cl)cc4Cl)cc3)CC2)cc1. The summed E-state index contributed by atoms with van der Waals surface area (Å²) in [6.45, 7) is 4.41. The van der Waals surface area contributed by atoms with Gasteiger partial charge < -0.3 is 24.8 Å². The van der Waals surface area contributed by atoms with Gasteiger partial charge in [-0.2, -0.15) is 0 Å². The predicted octanol–water partition coefficient (Wildman–Crippen LogP) is 5.92. The molecule has 4 aromatic rings. The van der Waals surface area contributed by atoms with Crippen molar-refractivity contribution in [3.8, 4) is 5.75 Å². The molecule has 1 atom stereocenters. The van der Waals surface area contributed by atoms with Crippen molar-refractivity contribution in [3.63, 3.8) is 0 Å². The predicted molar refractivity (Wildman–Crippen MR) is 144 cm³/mol. The van der Waals surface area contributed by atoms with Crippen molar-refractivity contribution in [1.82, 2.24) is 9.55 Å². The van der Waals surface area contributed by atoms with Gasteiger partial charge in [0.15, 0.2) is 0 Å². The lowest BCUT2D eigenvalue weighted by Gasteiger charge is -2.37. The Kier molecular flexibility index (Phi) is 7.02. The van der Waals surface area contributed by atoms with Gasteiger partial charge in [-0.15, -0.1) is 0 Å². The van der Waals surface area contributed by atoms with Crippen LogP contribution in [0.5, 0.6) is 5.75 Å². The number of nitrogens with zero attached hydrogens (tertiary/aromatic N) is 4. The highest BCUT2D eigenvalue weighted by Gasteiger charge is 2.20. The molecule has 3 aromatic carbocycles. The van der Waals surface area contributed by atoms with Gasteiger partial charge in [0.2, 0.25) is 0 Å². The van der Waals surface area contributed by atoms with Gasteiger partial charge in [-0.1, -0.05) is 29.3 Å². The molecule has 1 saturated heterocycles. The molecule has 0 aliphatic carbocycles. The number of nitrogen functional groups attached to an aromatic ring is 1. The third-order valence-corrected chi connectivity index (χ3v) is 6.83. The van der Waals surface area contributed by atoms with Crippen LogP contribution in [-0.4, -0.2) is 35.7 Å². The van der Waals surface area contributed by atoms with Gasteiger partial charge in [0, 0.05) is 71.2 Å². The first kappa shape index (κ1) is 23.4. The fourth-order valence-corrected chi connectivity index (χ4v) is 4.89. The molecular formula is C27H27Cl2N5O. The van der Waals surface area contributed by atoms with Crippen molar-refractivity contribution in [1.29, 1.82) is 0 Å². The Bertz CT molecular complexity index is 1240. The number of piperazine rings is 1. The van der Waals surface area contributed by atoms with E-state index in [4.69, 9.17) is 33.7 Å². The van der Waals surface area contributed by atoms with E-state index in [1.54, 1.807) is 18.6 Å². The molecule has 1 fully saturated rings. The Morgan fingerprint density at radius 2 is 1.49 bits per heavy atom. The number of ether oxygens (including phenoxy) is 1. The second-order valence-electron chi connectivity index (χ2n) is 8.59. The van der Waals surface area contributed by atoms with E-state index in [2.05, 4.69) is 39.0 Å². The minimum atomic E-state index is -0.289. The second-order valence-corrected chi connectivity index (χ2v) is 9.43. The van der Waals surface area contributed by atoms with Crippen LogP contribution in [0.3, 0.4) is 0 Å². The van der Waals surface area contributed by atoms with Crippen LogP contribution in [0.25, 0.3) is 0 Å². The summed E-state index contributed by atoms with van der Waals surface area (Å²) in [5.41, 5.74) is 9.90. The molecule has 1 aliphatic heterocycles. The summed E-state index contributed by atoms with van der Waals surface area (Å²) < 4.78 is 8.39. The highest BCUT2D eigenvalue weighted by molar-refractivity contribution is 6.35. The molecule has 0 radical (unpaired) electrons. The zero-order valence-corrected chi connectivity index (χ0v) is 20.7. The number of imidazole rings is 1. The van der Waals surface area contributed by atoms with E-state index in [9.17, 15) is 0 Å².